The van der Waals surface area contributed by atoms with E-state index in [-0.39, 0.29) is 17.2 Å². The SMILES string of the molecule is CCCCCCCCNC(=O)c1ccc(C(=O)O)c(C)n1. The maximum absolute atomic E-state index is 11.9. The average molecular weight is 292 g/mol. The molecule has 21 heavy (non-hydrogen) atoms. The normalized spacial score (nSPS) is 10.4. The molecule has 0 fully saturated rings. The number of carbonyl (C=O) groups is 2. The van der Waals surface area contributed by atoms with Crippen LogP contribution in [0.15, 0.2) is 12.1 Å². The quantitative estimate of drug-likeness (QED) is 0.685. The summed E-state index contributed by atoms with van der Waals surface area (Å²) in [6.45, 7) is 4.41. The number of hydrogen-bond donors (Lipinski definition) is 2. The third kappa shape index (κ3) is 5.94. The van der Waals surface area contributed by atoms with Crippen molar-refractivity contribution in [3.05, 3.63) is 29.1 Å². The number of amides is 1. The van der Waals surface area contributed by atoms with E-state index in [2.05, 4.69) is 17.2 Å². The number of carbonyl (C=O) groups excluding carboxylic acids is 1. The molecule has 0 saturated carbocycles. The second-order valence-electron chi connectivity index (χ2n) is 5.16. The Morgan fingerprint density at radius 2 is 1.81 bits per heavy atom. The van der Waals surface area contributed by atoms with Gasteiger partial charge in [-0.05, 0) is 25.5 Å². The summed E-state index contributed by atoms with van der Waals surface area (Å²) >= 11 is 0. The van der Waals surface area contributed by atoms with E-state index in [1.54, 1.807) is 6.92 Å². The highest BCUT2D eigenvalue weighted by molar-refractivity contribution is 5.94. The van der Waals surface area contributed by atoms with Gasteiger partial charge in [0.25, 0.3) is 5.91 Å². The average Bonchev–Trinajstić information content (AvgIpc) is 2.45. The Kier molecular flexibility index (Phi) is 7.43. The number of hydrogen-bond acceptors (Lipinski definition) is 3. The zero-order valence-electron chi connectivity index (χ0n) is 12.8. The number of unbranched alkanes of at least 4 members (excludes halogenated alkanes) is 5. The zero-order chi connectivity index (χ0) is 15.7. The number of pyridine rings is 1. The van der Waals surface area contributed by atoms with Crippen molar-refractivity contribution in [3.63, 3.8) is 0 Å². The minimum atomic E-state index is -1.03. The Morgan fingerprint density at radius 3 is 2.43 bits per heavy atom. The molecule has 1 amide bonds. The maximum Gasteiger partial charge on any atom is 0.337 e. The van der Waals surface area contributed by atoms with Gasteiger partial charge < -0.3 is 10.4 Å². The number of nitrogens with zero attached hydrogens (tertiary/aromatic N) is 1. The Bertz CT molecular complexity index is 486. The molecule has 5 nitrogen and oxygen atoms in total. The molecule has 1 heterocycles. The first-order chi connectivity index (χ1) is 10.1. The summed E-state index contributed by atoms with van der Waals surface area (Å²) in [5.41, 5.74) is 0.751. The summed E-state index contributed by atoms with van der Waals surface area (Å²) in [6.07, 6.45) is 7.03. The van der Waals surface area contributed by atoms with E-state index in [0.29, 0.717) is 12.2 Å². The van der Waals surface area contributed by atoms with Crippen LogP contribution >= 0.6 is 0 Å². The molecule has 0 bridgehead atoms. The summed E-state index contributed by atoms with van der Waals surface area (Å²) in [4.78, 5) is 26.8. The second kappa shape index (κ2) is 9.10. The monoisotopic (exact) mass is 292 g/mol. The van der Waals surface area contributed by atoms with E-state index in [9.17, 15) is 9.59 Å². The van der Waals surface area contributed by atoms with Crippen molar-refractivity contribution < 1.29 is 14.7 Å². The molecule has 0 radical (unpaired) electrons. The van der Waals surface area contributed by atoms with E-state index in [4.69, 9.17) is 5.11 Å². The standard InChI is InChI=1S/C16H24N2O3/c1-3-4-5-6-7-8-11-17-15(19)14-10-9-13(16(20)21)12(2)18-14/h9-10H,3-8,11H2,1-2H3,(H,17,19)(H,20,21). The molecule has 0 aliphatic heterocycles. The van der Waals surface area contributed by atoms with Crippen LogP contribution in [0.4, 0.5) is 0 Å². The summed E-state index contributed by atoms with van der Waals surface area (Å²) in [6, 6.07) is 2.87. The van der Waals surface area contributed by atoms with E-state index >= 15 is 0 Å². The summed E-state index contributed by atoms with van der Waals surface area (Å²) in [7, 11) is 0. The van der Waals surface area contributed by atoms with Crippen LogP contribution in [0, 0.1) is 6.92 Å². The largest absolute Gasteiger partial charge is 0.478 e. The molecule has 0 atom stereocenters. The highest BCUT2D eigenvalue weighted by Crippen LogP contribution is 2.07. The number of carboxylic acids is 1. The van der Waals surface area contributed by atoms with Gasteiger partial charge in [0.15, 0.2) is 0 Å². The molecule has 0 aromatic carbocycles. The van der Waals surface area contributed by atoms with E-state index in [0.717, 1.165) is 12.8 Å². The van der Waals surface area contributed by atoms with Crippen molar-refractivity contribution in [2.45, 2.75) is 52.4 Å². The van der Waals surface area contributed by atoms with Crippen LogP contribution in [-0.4, -0.2) is 28.5 Å². The van der Waals surface area contributed by atoms with Crippen LogP contribution < -0.4 is 5.32 Å². The molecule has 1 rings (SSSR count). The molecule has 0 unspecified atom stereocenters. The third-order valence-electron chi connectivity index (χ3n) is 3.36. The van der Waals surface area contributed by atoms with Crippen molar-refractivity contribution in [1.29, 1.82) is 0 Å². The van der Waals surface area contributed by atoms with Gasteiger partial charge in [-0.3, -0.25) is 4.79 Å². The fourth-order valence-corrected chi connectivity index (χ4v) is 2.11. The highest BCUT2D eigenvalue weighted by Gasteiger charge is 2.12. The van der Waals surface area contributed by atoms with E-state index in [1.165, 1.54) is 37.8 Å². The van der Waals surface area contributed by atoms with Crippen molar-refractivity contribution in [1.82, 2.24) is 10.3 Å². The molecule has 5 heteroatoms. The fourth-order valence-electron chi connectivity index (χ4n) is 2.11. The Labute approximate surface area is 125 Å². The number of aromatic carboxylic acids is 1. The summed E-state index contributed by atoms with van der Waals surface area (Å²) in [5, 5.41) is 11.7. The van der Waals surface area contributed by atoms with Crippen LogP contribution in [0.1, 0.15) is 72.0 Å². The van der Waals surface area contributed by atoms with Crippen LogP contribution in [-0.2, 0) is 0 Å². The molecule has 1 aromatic rings. The van der Waals surface area contributed by atoms with Gasteiger partial charge in [0.2, 0.25) is 0 Å². The molecule has 0 aliphatic rings. The van der Waals surface area contributed by atoms with Crippen molar-refractivity contribution >= 4 is 11.9 Å². The van der Waals surface area contributed by atoms with E-state index in [1.807, 2.05) is 0 Å². The minimum absolute atomic E-state index is 0.127. The topological polar surface area (TPSA) is 79.3 Å². The number of carboxylic acid groups (broad SMARTS) is 1. The van der Waals surface area contributed by atoms with Gasteiger partial charge in [-0.2, -0.15) is 0 Å². The van der Waals surface area contributed by atoms with Gasteiger partial charge in [-0.15, -0.1) is 0 Å². The Balaban J connectivity index is 2.35. The predicted octanol–water partition coefficient (Wildman–Crippen LogP) is 3.18. The lowest BCUT2D eigenvalue weighted by atomic mass is 10.1. The van der Waals surface area contributed by atoms with Gasteiger partial charge in [0, 0.05) is 6.54 Å². The number of aryl methyl sites for hydroxylation is 1. The maximum atomic E-state index is 11.9. The van der Waals surface area contributed by atoms with Gasteiger partial charge in [0.1, 0.15) is 5.69 Å². The molecule has 2 N–H and O–H groups in total. The summed E-state index contributed by atoms with van der Waals surface area (Å²) < 4.78 is 0. The summed E-state index contributed by atoms with van der Waals surface area (Å²) in [5.74, 6) is -1.28. The lowest BCUT2D eigenvalue weighted by Crippen LogP contribution is -2.25. The number of nitrogens with one attached hydrogen (secondary N) is 1. The molecule has 0 spiro atoms. The molecule has 0 aliphatic carbocycles. The minimum Gasteiger partial charge on any atom is -0.478 e. The molecule has 1 aromatic heterocycles. The van der Waals surface area contributed by atoms with Gasteiger partial charge in [-0.1, -0.05) is 39.0 Å². The highest BCUT2D eigenvalue weighted by atomic mass is 16.4. The van der Waals surface area contributed by atoms with Crippen LogP contribution in [0.2, 0.25) is 0 Å². The van der Waals surface area contributed by atoms with Crippen molar-refractivity contribution in [2.24, 2.45) is 0 Å². The smallest absolute Gasteiger partial charge is 0.337 e. The van der Waals surface area contributed by atoms with Crippen molar-refractivity contribution in [3.8, 4) is 0 Å². The predicted molar refractivity (Wildman–Crippen MR) is 81.6 cm³/mol. The van der Waals surface area contributed by atoms with Gasteiger partial charge in [-0.25, -0.2) is 9.78 Å². The lowest BCUT2D eigenvalue weighted by Gasteiger charge is -2.06. The van der Waals surface area contributed by atoms with Gasteiger partial charge >= 0.3 is 5.97 Å². The number of rotatable bonds is 9. The third-order valence-corrected chi connectivity index (χ3v) is 3.36. The molecule has 0 saturated heterocycles. The molecular formula is C16H24N2O3. The Morgan fingerprint density at radius 1 is 1.14 bits per heavy atom. The Hall–Kier alpha value is -1.91. The second-order valence-corrected chi connectivity index (χ2v) is 5.16. The van der Waals surface area contributed by atoms with Crippen molar-refractivity contribution in [2.75, 3.05) is 6.54 Å². The fraction of sp³-hybridized carbons (Fsp3) is 0.562. The van der Waals surface area contributed by atoms with E-state index < -0.39 is 5.97 Å². The lowest BCUT2D eigenvalue weighted by molar-refractivity contribution is 0.0694. The first kappa shape index (κ1) is 17.1. The van der Waals surface area contributed by atoms with Gasteiger partial charge in [0.05, 0.1) is 11.3 Å². The van der Waals surface area contributed by atoms with Crippen LogP contribution in [0.3, 0.4) is 0 Å². The first-order valence-corrected chi connectivity index (χ1v) is 7.55. The molecular weight excluding hydrogens is 268 g/mol. The molecule has 116 valence electrons. The van der Waals surface area contributed by atoms with Crippen LogP contribution in [0.25, 0.3) is 0 Å². The first-order valence-electron chi connectivity index (χ1n) is 7.55. The zero-order valence-corrected chi connectivity index (χ0v) is 12.8. The number of aromatic nitrogens is 1. The van der Waals surface area contributed by atoms with Crippen LogP contribution in [0.5, 0.6) is 0 Å².